The Bertz CT molecular complexity index is 455. The molecule has 1 heterocycles. The molecule has 0 saturated carbocycles. The Morgan fingerprint density at radius 1 is 1.42 bits per heavy atom. The lowest BCUT2D eigenvalue weighted by atomic mass is 9.87. The second kappa shape index (κ2) is 5.12. The van der Waals surface area contributed by atoms with Crippen LogP contribution in [-0.2, 0) is 11.2 Å². The molecule has 4 nitrogen and oxygen atoms in total. The largest absolute Gasteiger partial charge is 0.508 e. The van der Waals surface area contributed by atoms with Gasteiger partial charge in [-0.2, -0.15) is 0 Å². The Morgan fingerprint density at radius 2 is 2.32 bits per heavy atom. The topological polar surface area (TPSA) is 61.7 Å². The molecule has 1 aliphatic heterocycles. The van der Waals surface area contributed by atoms with E-state index in [2.05, 4.69) is 5.32 Å². The summed E-state index contributed by atoms with van der Waals surface area (Å²) in [5, 5.41) is 23.4. The maximum atomic E-state index is 10.3. The molecule has 1 aromatic rings. The van der Waals surface area contributed by atoms with Gasteiger partial charge < -0.3 is 20.3 Å². The first kappa shape index (κ1) is 12.9. The fourth-order valence-corrected chi connectivity index (χ4v) is 3.05. The molecule has 0 amide bonds. The van der Waals surface area contributed by atoms with Gasteiger partial charge in [-0.25, -0.2) is 0 Å². The standard InChI is InChI=1S/C15H21NO3/c17-12-5-4-11-2-1-3-14(13(11)8-12)16-9-15(18)6-7-19-10-15/h4-5,8,14,16-18H,1-3,6-7,9-10H2. The summed E-state index contributed by atoms with van der Waals surface area (Å²) < 4.78 is 5.26. The second-order valence-electron chi connectivity index (χ2n) is 5.74. The van der Waals surface area contributed by atoms with Crippen molar-refractivity contribution in [1.29, 1.82) is 0 Å². The molecular formula is C15H21NO3. The quantitative estimate of drug-likeness (QED) is 0.773. The Balaban J connectivity index is 1.71. The predicted molar refractivity (Wildman–Crippen MR) is 72.2 cm³/mol. The van der Waals surface area contributed by atoms with Crippen molar-refractivity contribution in [3.8, 4) is 5.75 Å². The number of nitrogens with one attached hydrogen (secondary N) is 1. The van der Waals surface area contributed by atoms with E-state index in [9.17, 15) is 10.2 Å². The Labute approximate surface area is 113 Å². The van der Waals surface area contributed by atoms with E-state index in [0.717, 1.165) is 19.3 Å². The van der Waals surface area contributed by atoms with Gasteiger partial charge in [0.25, 0.3) is 0 Å². The van der Waals surface area contributed by atoms with Crippen LogP contribution >= 0.6 is 0 Å². The molecule has 3 rings (SSSR count). The molecule has 1 saturated heterocycles. The van der Waals surface area contributed by atoms with Crippen LogP contribution in [0.4, 0.5) is 0 Å². The number of fused-ring (bicyclic) bond motifs is 1. The molecule has 1 aliphatic carbocycles. The highest BCUT2D eigenvalue weighted by Crippen LogP contribution is 2.32. The molecule has 0 aromatic heterocycles. The lowest BCUT2D eigenvalue weighted by Gasteiger charge is -2.30. The van der Waals surface area contributed by atoms with Crippen molar-refractivity contribution < 1.29 is 14.9 Å². The second-order valence-corrected chi connectivity index (χ2v) is 5.74. The number of benzene rings is 1. The van der Waals surface area contributed by atoms with Crippen LogP contribution in [-0.4, -0.2) is 35.6 Å². The van der Waals surface area contributed by atoms with E-state index in [4.69, 9.17) is 4.74 Å². The van der Waals surface area contributed by atoms with Gasteiger partial charge in [0.15, 0.2) is 0 Å². The molecule has 0 bridgehead atoms. The Morgan fingerprint density at radius 3 is 3.11 bits per heavy atom. The van der Waals surface area contributed by atoms with Gasteiger partial charge in [-0.05, 0) is 42.5 Å². The van der Waals surface area contributed by atoms with Crippen LogP contribution in [0.25, 0.3) is 0 Å². The average Bonchev–Trinajstić information content (AvgIpc) is 2.84. The number of hydrogen-bond acceptors (Lipinski definition) is 4. The van der Waals surface area contributed by atoms with Crippen molar-refractivity contribution in [2.24, 2.45) is 0 Å². The number of aryl methyl sites for hydroxylation is 1. The number of aliphatic hydroxyl groups is 1. The SMILES string of the molecule is Oc1ccc2c(c1)C(NCC1(O)CCOC1)CCC2. The third-order valence-corrected chi connectivity index (χ3v) is 4.20. The monoisotopic (exact) mass is 263 g/mol. The van der Waals surface area contributed by atoms with Gasteiger partial charge in [0.05, 0.1) is 6.61 Å². The summed E-state index contributed by atoms with van der Waals surface area (Å²) in [4.78, 5) is 0. The molecule has 0 spiro atoms. The molecule has 1 aromatic carbocycles. The average molecular weight is 263 g/mol. The van der Waals surface area contributed by atoms with Crippen LogP contribution in [0.5, 0.6) is 5.75 Å². The van der Waals surface area contributed by atoms with Gasteiger partial charge in [0.2, 0.25) is 0 Å². The molecule has 0 radical (unpaired) electrons. The maximum Gasteiger partial charge on any atom is 0.115 e. The molecule has 2 aliphatic rings. The highest BCUT2D eigenvalue weighted by molar-refractivity contribution is 5.38. The summed E-state index contributed by atoms with van der Waals surface area (Å²) in [5.74, 6) is 0.315. The van der Waals surface area contributed by atoms with Crippen LogP contribution < -0.4 is 5.32 Å². The zero-order valence-electron chi connectivity index (χ0n) is 11.1. The summed E-state index contributed by atoms with van der Waals surface area (Å²) >= 11 is 0. The zero-order chi connectivity index (χ0) is 13.3. The van der Waals surface area contributed by atoms with E-state index in [1.165, 1.54) is 11.1 Å². The lowest BCUT2D eigenvalue weighted by Crippen LogP contribution is -2.43. The van der Waals surface area contributed by atoms with Crippen LogP contribution in [0.3, 0.4) is 0 Å². The first-order valence-electron chi connectivity index (χ1n) is 7.02. The predicted octanol–water partition coefficient (Wildman–Crippen LogP) is 1.51. The fourth-order valence-electron chi connectivity index (χ4n) is 3.05. The molecule has 4 heteroatoms. The number of ether oxygens (including phenoxy) is 1. The minimum Gasteiger partial charge on any atom is -0.508 e. The molecule has 2 atom stereocenters. The first-order chi connectivity index (χ1) is 9.16. The summed E-state index contributed by atoms with van der Waals surface area (Å²) in [6, 6.07) is 5.83. The van der Waals surface area contributed by atoms with Crippen molar-refractivity contribution in [1.82, 2.24) is 5.32 Å². The number of phenolic OH excluding ortho intramolecular Hbond substituents is 1. The van der Waals surface area contributed by atoms with Crippen molar-refractivity contribution in [2.75, 3.05) is 19.8 Å². The van der Waals surface area contributed by atoms with Crippen molar-refractivity contribution in [3.05, 3.63) is 29.3 Å². The van der Waals surface area contributed by atoms with Gasteiger partial charge in [-0.1, -0.05) is 6.07 Å². The normalized spacial score (nSPS) is 30.3. The van der Waals surface area contributed by atoms with E-state index in [-0.39, 0.29) is 6.04 Å². The van der Waals surface area contributed by atoms with E-state index in [0.29, 0.717) is 31.9 Å². The molecule has 19 heavy (non-hydrogen) atoms. The summed E-state index contributed by atoms with van der Waals surface area (Å²) in [6.45, 7) is 1.60. The molecule has 2 unspecified atom stereocenters. The summed E-state index contributed by atoms with van der Waals surface area (Å²) in [6.07, 6.45) is 3.96. The van der Waals surface area contributed by atoms with Crippen LogP contribution in [0.2, 0.25) is 0 Å². The van der Waals surface area contributed by atoms with E-state index < -0.39 is 5.60 Å². The van der Waals surface area contributed by atoms with E-state index in [1.54, 1.807) is 6.07 Å². The van der Waals surface area contributed by atoms with Crippen molar-refractivity contribution in [3.63, 3.8) is 0 Å². The Kier molecular flexibility index (Phi) is 3.48. The highest BCUT2D eigenvalue weighted by atomic mass is 16.5. The van der Waals surface area contributed by atoms with Gasteiger partial charge in [0.1, 0.15) is 11.4 Å². The number of phenols is 1. The van der Waals surface area contributed by atoms with E-state index >= 15 is 0 Å². The molecule has 104 valence electrons. The van der Waals surface area contributed by atoms with Crippen LogP contribution in [0, 0.1) is 0 Å². The van der Waals surface area contributed by atoms with E-state index in [1.807, 2.05) is 12.1 Å². The minimum absolute atomic E-state index is 0.223. The Hall–Kier alpha value is -1.10. The smallest absolute Gasteiger partial charge is 0.115 e. The third-order valence-electron chi connectivity index (χ3n) is 4.20. The molecule has 1 fully saturated rings. The number of rotatable bonds is 3. The summed E-state index contributed by atoms with van der Waals surface area (Å²) in [7, 11) is 0. The summed E-state index contributed by atoms with van der Waals surface area (Å²) in [5.41, 5.74) is 1.75. The zero-order valence-corrected chi connectivity index (χ0v) is 11.1. The molecular weight excluding hydrogens is 242 g/mol. The van der Waals surface area contributed by atoms with Gasteiger partial charge in [0, 0.05) is 25.6 Å². The highest BCUT2D eigenvalue weighted by Gasteiger charge is 2.33. The fraction of sp³-hybridized carbons (Fsp3) is 0.600. The first-order valence-corrected chi connectivity index (χ1v) is 7.02. The van der Waals surface area contributed by atoms with Gasteiger partial charge in [-0.15, -0.1) is 0 Å². The number of hydrogen-bond donors (Lipinski definition) is 3. The third kappa shape index (κ3) is 2.76. The van der Waals surface area contributed by atoms with Crippen molar-refractivity contribution >= 4 is 0 Å². The van der Waals surface area contributed by atoms with Gasteiger partial charge in [-0.3, -0.25) is 0 Å². The lowest BCUT2D eigenvalue weighted by molar-refractivity contribution is 0.0243. The van der Waals surface area contributed by atoms with Crippen molar-refractivity contribution in [2.45, 2.75) is 37.3 Å². The number of aromatic hydroxyl groups is 1. The molecule has 3 N–H and O–H groups in total. The minimum atomic E-state index is -0.728. The maximum absolute atomic E-state index is 10.3. The van der Waals surface area contributed by atoms with Gasteiger partial charge >= 0.3 is 0 Å². The van der Waals surface area contributed by atoms with Crippen LogP contribution in [0.1, 0.15) is 36.4 Å². The van der Waals surface area contributed by atoms with Crippen LogP contribution in [0.15, 0.2) is 18.2 Å².